The molecular weight excluding hydrogens is 440 g/mol. The van der Waals surface area contributed by atoms with Crippen LogP contribution in [0, 0.1) is 0 Å². The molecule has 144 valence electrons. The minimum absolute atomic E-state index is 0.346. The van der Waals surface area contributed by atoms with E-state index in [0.29, 0.717) is 11.0 Å². The third-order valence-corrected chi connectivity index (χ3v) is 6.03. The molecule has 3 aromatic heterocycles. The van der Waals surface area contributed by atoms with Gasteiger partial charge in [-0.3, -0.25) is 0 Å². The molecule has 0 spiro atoms. The fraction of sp³-hybridized carbons (Fsp3) is 0. The van der Waals surface area contributed by atoms with Crippen LogP contribution in [-0.2, 0) is 0 Å². The summed E-state index contributed by atoms with van der Waals surface area (Å²) in [6, 6.07) is 23.8. The van der Waals surface area contributed by atoms with Crippen molar-refractivity contribution in [2.24, 2.45) is 0 Å². The number of benzene rings is 3. The maximum atomic E-state index is 13.2. The second-order valence-corrected chi connectivity index (χ2v) is 8.18. The molecule has 30 heavy (non-hydrogen) atoms. The van der Waals surface area contributed by atoms with Crippen LogP contribution in [0.2, 0.25) is 0 Å². The van der Waals surface area contributed by atoms with Crippen LogP contribution < -0.4 is 5.63 Å². The highest BCUT2D eigenvalue weighted by Gasteiger charge is 2.22. The van der Waals surface area contributed by atoms with Crippen LogP contribution in [0.4, 0.5) is 0 Å². The Bertz CT molecular complexity index is 1620. The highest BCUT2D eigenvalue weighted by atomic mass is 79.9. The maximum Gasteiger partial charge on any atom is 0.346 e. The molecule has 0 saturated heterocycles. The van der Waals surface area contributed by atoms with Gasteiger partial charge in [0.2, 0.25) is 0 Å². The van der Waals surface area contributed by atoms with E-state index >= 15 is 0 Å². The Morgan fingerprint density at radius 2 is 1.67 bits per heavy atom. The van der Waals surface area contributed by atoms with Crippen LogP contribution in [0.15, 0.2) is 92.7 Å². The molecule has 0 unspecified atom stereocenters. The van der Waals surface area contributed by atoms with Gasteiger partial charge in [0.05, 0.1) is 16.6 Å². The average molecular weight is 455 g/mol. The van der Waals surface area contributed by atoms with Gasteiger partial charge in [-0.25, -0.2) is 4.79 Å². The molecule has 0 aliphatic carbocycles. The first-order valence-electron chi connectivity index (χ1n) is 9.60. The standard InChI is InChI=1S/C25H15BrN2O2/c26-15-10-11-19-17(12-15)18(13-27-19)21-22-24(28-23(21)14-6-2-1-3-7-14)16-8-4-5-9-20(16)30-25(22)29/h1-13,27-28H. The number of aromatic amines is 2. The molecule has 0 fully saturated rings. The zero-order valence-corrected chi connectivity index (χ0v) is 17.3. The second kappa shape index (κ2) is 6.47. The van der Waals surface area contributed by atoms with Crippen molar-refractivity contribution in [1.82, 2.24) is 9.97 Å². The monoisotopic (exact) mass is 454 g/mol. The Balaban J connectivity index is 1.83. The molecule has 6 aromatic rings. The SMILES string of the molecule is O=c1oc2ccccc2c2[nH]c(-c3ccccc3)c(-c3c[nH]c4ccc(Br)cc34)c12. The average Bonchev–Trinajstić information content (AvgIpc) is 3.36. The van der Waals surface area contributed by atoms with Crippen molar-refractivity contribution >= 4 is 48.7 Å². The van der Waals surface area contributed by atoms with Gasteiger partial charge in [-0.2, -0.15) is 0 Å². The number of halogens is 1. The third kappa shape index (κ3) is 2.49. The molecule has 0 amide bonds. The van der Waals surface area contributed by atoms with Crippen LogP contribution in [0.5, 0.6) is 0 Å². The van der Waals surface area contributed by atoms with Gasteiger partial charge in [0.25, 0.3) is 0 Å². The first-order chi connectivity index (χ1) is 14.7. The molecule has 3 aromatic carbocycles. The summed E-state index contributed by atoms with van der Waals surface area (Å²) in [5.41, 5.74) is 5.74. The summed E-state index contributed by atoms with van der Waals surface area (Å²) in [5.74, 6) is 0. The molecule has 0 bridgehead atoms. The smallest absolute Gasteiger partial charge is 0.346 e. The van der Waals surface area contributed by atoms with E-state index in [9.17, 15) is 4.79 Å². The normalized spacial score (nSPS) is 11.6. The minimum atomic E-state index is -0.346. The molecule has 0 radical (unpaired) electrons. The van der Waals surface area contributed by atoms with Gasteiger partial charge in [0, 0.05) is 38.1 Å². The predicted octanol–water partition coefficient (Wildman–Crippen LogP) is 6.85. The van der Waals surface area contributed by atoms with E-state index in [2.05, 4.69) is 32.0 Å². The van der Waals surface area contributed by atoms with Crippen molar-refractivity contribution in [3.63, 3.8) is 0 Å². The first-order valence-corrected chi connectivity index (χ1v) is 10.4. The molecule has 0 atom stereocenters. The number of hydrogen-bond acceptors (Lipinski definition) is 2. The Hall–Kier alpha value is -3.57. The van der Waals surface area contributed by atoms with Crippen LogP contribution in [0.25, 0.3) is 55.2 Å². The predicted molar refractivity (Wildman–Crippen MR) is 125 cm³/mol. The Morgan fingerprint density at radius 1 is 0.867 bits per heavy atom. The lowest BCUT2D eigenvalue weighted by Gasteiger charge is -2.05. The number of aromatic nitrogens is 2. The molecular formula is C25H15BrN2O2. The van der Waals surface area contributed by atoms with Crippen molar-refractivity contribution in [3.05, 3.63) is 93.9 Å². The van der Waals surface area contributed by atoms with E-state index in [4.69, 9.17) is 4.42 Å². The second-order valence-electron chi connectivity index (χ2n) is 7.27. The molecule has 6 rings (SSSR count). The van der Waals surface area contributed by atoms with Gasteiger partial charge in [-0.05, 0) is 35.9 Å². The van der Waals surface area contributed by atoms with E-state index in [1.165, 1.54) is 0 Å². The summed E-state index contributed by atoms with van der Waals surface area (Å²) in [5, 5.41) is 2.49. The van der Waals surface area contributed by atoms with Crippen molar-refractivity contribution in [1.29, 1.82) is 0 Å². The molecule has 0 aliphatic heterocycles. The molecule has 3 heterocycles. The Morgan fingerprint density at radius 3 is 2.53 bits per heavy atom. The van der Waals surface area contributed by atoms with E-state index in [1.54, 1.807) is 0 Å². The van der Waals surface area contributed by atoms with E-state index in [-0.39, 0.29) is 5.63 Å². The first kappa shape index (κ1) is 17.3. The molecule has 0 aliphatic rings. The fourth-order valence-corrected chi connectivity index (χ4v) is 4.57. The topological polar surface area (TPSA) is 61.8 Å². The summed E-state index contributed by atoms with van der Waals surface area (Å²) in [6.45, 7) is 0. The Kier molecular flexibility index (Phi) is 3.73. The largest absolute Gasteiger partial charge is 0.422 e. The summed E-state index contributed by atoms with van der Waals surface area (Å²) >= 11 is 3.57. The van der Waals surface area contributed by atoms with Gasteiger partial charge in [-0.15, -0.1) is 0 Å². The van der Waals surface area contributed by atoms with Crippen molar-refractivity contribution in [2.45, 2.75) is 0 Å². The number of hydrogen-bond donors (Lipinski definition) is 2. The zero-order valence-electron chi connectivity index (χ0n) is 15.7. The summed E-state index contributed by atoms with van der Waals surface area (Å²) < 4.78 is 6.68. The molecule has 5 heteroatoms. The molecule has 4 nitrogen and oxygen atoms in total. The van der Waals surface area contributed by atoms with Gasteiger partial charge < -0.3 is 14.4 Å². The number of nitrogens with one attached hydrogen (secondary N) is 2. The van der Waals surface area contributed by atoms with E-state index in [0.717, 1.165) is 48.7 Å². The van der Waals surface area contributed by atoms with Gasteiger partial charge >= 0.3 is 5.63 Å². The number of fused-ring (bicyclic) bond motifs is 4. The number of rotatable bonds is 2. The fourth-order valence-electron chi connectivity index (χ4n) is 4.21. The summed E-state index contributed by atoms with van der Waals surface area (Å²) in [7, 11) is 0. The van der Waals surface area contributed by atoms with Gasteiger partial charge in [0.1, 0.15) is 5.58 Å². The van der Waals surface area contributed by atoms with Gasteiger partial charge in [-0.1, -0.05) is 58.4 Å². The summed E-state index contributed by atoms with van der Waals surface area (Å²) in [6.07, 6.45) is 1.96. The zero-order chi connectivity index (χ0) is 20.2. The highest BCUT2D eigenvalue weighted by Crippen LogP contribution is 2.42. The quantitative estimate of drug-likeness (QED) is 0.281. The number of para-hydroxylation sites is 1. The minimum Gasteiger partial charge on any atom is -0.422 e. The van der Waals surface area contributed by atoms with Crippen LogP contribution in [0.1, 0.15) is 0 Å². The molecule has 2 N–H and O–H groups in total. The lowest BCUT2D eigenvalue weighted by Crippen LogP contribution is -1.99. The van der Waals surface area contributed by atoms with E-state index in [1.807, 2.05) is 72.9 Å². The highest BCUT2D eigenvalue weighted by molar-refractivity contribution is 9.10. The lowest BCUT2D eigenvalue weighted by molar-refractivity contribution is 0.570. The van der Waals surface area contributed by atoms with Crippen LogP contribution in [0.3, 0.4) is 0 Å². The maximum absolute atomic E-state index is 13.2. The third-order valence-electron chi connectivity index (χ3n) is 5.54. The molecule has 0 saturated carbocycles. The van der Waals surface area contributed by atoms with E-state index < -0.39 is 0 Å². The Labute approximate surface area is 179 Å². The van der Waals surface area contributed by atoms with Gasteiger partial charge in [0.15, 0.2) is 0 Å². The summed E-state index contributed by atoms with van der Waals surface area (Å²) in [4.78, 5) is 20.0. The van der Waals surface area contributed by atoms with Crippen LogP contribution in [-0.4, -0.2) is 9.97 Å². The van der Waals surface area contributed by atoms with Crippen molar-refractivity contribution < 1.29 is 4.42 Å². The lowest BCUT2D eigenvalue weighted by atomic mass is 9.98. The van der Waals surface area contributed by atoms with Crippen molar-refractivity contribution in [2.75, 3.05) is 0 Å². The van der Waals surface area contributed by atoms with Crippen LogP contribution >= 0.6 is 15.9 Å². The van der Waals surface area contributed by atoms with Crippen molar-refractivity contribution in [3.8, 4) is 22.4 Å². The number of H-pyrrole nitrogens is 2.